The molecule has 0 bridgehead atoms. The van der Waals surface area contributed by atoms with E-state index in [0.717, 1.165) is 17.2 Å². The number of nitrogens with zero attached hydrogens (tertiary/aromatic N) is 2. The molecule has 2 aromatic carbocycles. The number of anilines is 1. The van der Waals surface area contributed by atoms with E-state index in [1.54, 1.807) is 42.7 Å². The molecule has 1 aromatic heterocycles. The lowest BCUT2D eigenvalue weighted by molar-refractivity contribution is -0.139. The van der Waals surface area contributed by atoms with Crippen molar-refractivity contribution in [2.24, 2.45) is 5.73 Å². The van der Waals surface area contributed by atoms with Gasteiger partial charge in [-0.1, -0.05) is 17.7 Å². The highest BCUT2D eigenvalue weighted by molar-refractivity contribution is 6.04. The number of rotatable bonds is 4. The van der Waals surface area contributed by atoms with Crippen LogP contribution >= 0.6 is 0 Å². The molecule has 0 aliphatic heterocycles. The van der Waals surface area contributed by atoms with E-state index < -0.39 is 29.4 Å². The van der Waals surface area contributed by atoms with Crippen LogP contribution in [0.4, 0.5) is 23.2 Å². The maximum Gasteiger partial charge on any atom is 0.419 e. The minimum Gasteiger partial charge on any atom is -0.366 e. The molecule has 1 heterocycles. The Bertz CT molecular complexity index is 1100. The van der Waals surface area contributed by atoms with Crippen molar-refractivity contribution in [3.8, 4) is 0 Å². The van der Waals surface area contributed by atoms with E-state index in [1.165, 1.54) is 12.4 Å². The summed E-state index contributed by atoms with van der Waals surface area (Å²) in [4.78, 5) is 29.6. The number of amides is 2. The Morgan fingerprint density at radius 3 is 2.22 bits per heavy atom. The van der Waals surface area contributed by atoms with Crippen molar-refractivity contribution in [3.05, 3.63) is 95.3 Å². The number of carbonyl (C=O) groups excluding carboxylic acids is 2. The Morgan fingerprint density at radius 2 is 1.66 bits per heavy atom. The van der Waals surface area contributed by atoms with Gasteiger partial charge in [0.2, 0.25) is 5.91 Å². The Hall–Kier alpha value is -4.08. The molecule has 0 aliphatic rings. The van der Waals surface area contributed by atoms with Gasteiger partial charge in [-0.25, -0.2) is 14.4 Å². The maximum atomic E-state index is 13.1. The average Bonchev–Trinajstić information content (AvgIpc) is 2.74. The number of nitrogens with two attached hydrogens (primary N) is 1. The van der Waals surface area contributed by atoms with Gasteiger partial charge in [0.25, 0.3) is 5.91 Å². The molecule has 3 rings (SSSR count). The quantitative estimate of drug-likeness (QED) is 0.459. The molecule has 0 atom stereocenters. The molecule has 32 heavy (non-hydrogen) atoms. The predicted octanol–water partition coefficient (Wildman–Crippen LogP) is 4.38. The van der Waals surface area contributed by atoms with Crippen LogP contribution in [0.5, 0.6) is 0 Å². The molecule has 0 aliphatic carbocycles. The second-order valence-corrected chi connectivity index (χ2v) is 6.42. The number of nitrogens with one attached hydrogen (secondary N) is 1. The summed E-state index contributed by atoms with van der Waals surface area (Å²) in [7, 11) is 0. The van der Waals surface area contributed by atoms with Gasteiger partial charge in [-0.2, -0.15) is 13.2 Å². The summed E-state index contributed by atoms with van der Waals surface area (Å²) in [5, 5.41) is 2.31. The van der Waals surface area contributed by atoms with E-state index in [-0.39, 0.29) is 5.69 Å². The van der Waals surface area contributed by atoms with Gasteiger partial charge in [-0.15, -0.1) is 0 Å². The fraction of sp³-hybridized carbons (Fsp3) is 0.0909. The third-order valence-electron chi connectivity index (χ3n) is 3.86. The number of benzene rings is 2. The van der Waals surface area contributed by atoms with E-state index in [4.69, 9.17) is 5.73 Å². The van der Waals surface area contributed by atoms with E-state index in [9.17, 15) is 27.2 Å². The number of halogens is 4. The molecule has 0 saturated heterocycles. The summed E-state index contributed by atoms with van der Waals surface area (Å²) in [6.07, 6.45) is 2.61. The Morgan fingerprint density at radius 1 is 1.03 bits per heavy atom. The van der Waals surface area contributed by atoms with E-state index in [0.29, 0.717) is 17.7 Å². The van der Waals surface area contributed by atoms with E-state index in [2.05, 4.69) is 15.3 Å². The van der Waals surface area contributed by atoms with Gasteiger partial charge >= 0.3 is 6.18 Å². The molecule has 10 heteroatoms. The summed E-state index contributed by atoms with van der Waals surface area (Å²) >= 11 is 0. The molecule has 0 spiro atoms. The minimum absolute atomic E-state index is 0.116. The van der Waals surface area contributed by atoms with Crippen molar-refractivity contribution >= 4 is 23.6 Å². The van der Waals surface area contributed by atoms with Crippen LogP contribution in [0.1, 0.15) is 27.0 Å². The number of carbonyl (C=O) groups is 2. The molecule has 2 amide bonds. The number of primary amides is 1. The van der Waals surface area contributed by atoms with E-state index in [1.807, 2.05) is 6.92 Å². The summed E-state index contributed by atoms with van der Waals surface area (Å²) in [5.74, 6) is -2.42. The van der Waals surface area contributed by atoms with Crippen molar-refractivity contribution in [2.45, 2.75) is 13.1 Å². The van der Waals surface area contributed by atoms with Crippen molar-refractivity contribution in [3.63, 3.8) is 0 Å². The molecule has 0 fully saturated rings. The first-order chi connectivity index (χ1) is 15.1. The fourth-order valence-electron chi connectivity index (χ4n) is 2.30. The minimum atomic E-state index is -4.81. The van der Waals surface area contributed by atoms with Crippen molar-refractivity contribution in [1.82, 2.24) is 9.97 Å². The monoisotopic (exact) mass is 446 g/mol. The summed E-state index contributed by atoms with van der Waals surface area (Å²) in [5.41, 5.74) is 5.36. The highest BCUT2D eigenvalue weighted by atomic mass is 19.4. The maximum absolute atomic E-state index is 13.1. The summed E-state index contributed by atoms with van der Waals surface area (Å²) in [6, 6.07) is 8.85. The molecule has 6 nitrogen and oxygen atoms in total. The standard InChI is InChI=1S/C15H11F4NO.C7H7N3O/c1-9-2-4-10(5-3-9)14(21)20-11-6-7-13(16)12(8-11)15(17,18)19;8-7(11)2-1-6-3-9-5-10-4-6/h2-8H,1H3,(H,20,21);1-5H,(H2,8,11). The van der Waals surface area contributed by atoms with E-state index >= 15 is 0 Å². The Labute approximate surface area is 180 Å². The number of aryl methyl sites for hydroxylation is 1. The van der Waals surface area contributed by atoms with Crippen LogP contribution in [0.3, 0.4) is 0 Å². The zero-order valence-electron chi connectivity index (χ0n) is 16.7. The number of aromatic nitrogens is 2. The molecule has 0 radical (unpaired) electrons. The largest absolute Gasteiger partial charge is 0.419 e. The molecule has 3 N–H and O–H groups in total. The fourth-order valence-corrected chi connectivity index (χ4v) is 2.30. The lowest BCUT2D eigenvalue weighted by Gasteiger charge is -2.11. The lowest BCUT2D eigenvalue weighted by atomic mass is 10.1. The molecular weight excluding hydrogens is 428 g/mol. The summed E-state index contributed by atoms with van der Waals surface area (Å²) < 4.78 is 50.9. The lowest BCUT2D eigenvalue weighted by Crippen LogP contribution is -2.14. The number of alkyl halides is 3. The zero-order chi connectivity index (χ0) is 23.7. The smallest absolute Gasteiger partial charge is 0.366 e. The molecule has 0 unspecified atom stereocenters. The first kappa shape index (κ1) is 24.2. The molecule has 166 valence electrons. The normalized spacial score (nSPS) is 10.9. The molecule has 0 saturated carbocycles. The van der Waals surface area contributed by atoms with Crippen LogP contribution in [0, 0.1) is 12.7 Å². The first-order valence-electron chi connectivity index (χ1n) is 9.03. The Balaban J connectivity index is 0.000000278. The van der Waals surface area contributed by atoms with Gasteiger partial charge in [0.05, 0.1) is 5.56 Å². The third-order valence-corrected chi connectivity index (χ3v) is 3.86. The van der Waals surface area contributed by atoms with Crippen LogP contribution < -0.4 is 11.1 Å². The zero-order valence-corrected chi connectivity index (χ0v) is 16.7. The summed E-state index contributed by atoms with van der Waals surface area (Å²) in [6.45, 7) is 1.84. The topological polar surface area (TPSA) is 98.0 Å². The SMILES string of the molecule is Cc1ccc(C(=O)Nc2ccc(F)c(C(F)(F)F)c2)cc1.NC(=O)C=Cc1cncnc1. The molecule has 3 aromatic rings. The molecular formula is C22H18F4N4O2. The highest BCUT2D eigenvalue weighted by Crippen LogP contribution is 2.33. The third kappa shape index (κ3) is 7.63. The van der Waals surface area contributed by atoms with Crippen molar-refractivity contribution in [1.29, 1.82) is 0 Å². The second kappa shape index (κ2) is 10.8. The van der Waals surface area contributed by atoms with Gasteiger partial charge in [0.15, 0.2) is 0 Å². The predicted molar refractivity (Wildman–Crippen MR) is 111 cm³/mol. The van der Waals surface area contributed by atoms with Gasteiger partial charge in [-0.3, -0.25) is 9.59 Å². The van der Waals surface area contributed by atoms with Gasteiger partial charge in [0.1, 0.15) is 12.1 Å². The number of hydrogen-bond acceptors (Lipinski definition) is 4. The van der Waals surface area contributed by atoms with Crippen LogP contribution in [0.2, 0.25) is 0 Å². The second-order valence-electron chi connectivity index (χ2n) is 6.42. The van der Waals surface area contributed by atoms with Gasteiger partial charge in [0, 0.05) is 35.3 Å². The number of hydrogen-bond donors (Lipinski definition) is 2. The van der Waals surface area contributed by atoms with Crippen molar-refractivity contribution in [2.75, 3.05) is 5.32 Å². The average molecular weight is 446 g/mol. The highest BCUT2D eigenvalue weighted by Gasteiger charge is 2.34. The van der Waals surface area contributed by atoms with Gasteiger partial charge in [-0.05, 0) is 43.3 Å². The first-order valence-corrected chi connectivity index (χ1v) is 9.03. The Kier molecular flexibility index (Phi) is 8.17. The van der Waals surface area contributed by atoms with Crippen LogP contribution in [-0.2, 0) is 11.0 Å². The van der Waals surface area contributed by atoms with Crippen LogP contribution in [-0.4, -0.2) is 21.8 Å². The van der Waals surface area contributed by atoms with Crippen LogP contribution in [0.15, 0.2) is 67.3 Å². The van der Waals surface area contributed by atoms with Crippen molar-refractivity contribution < 1.29 is 27.2 Å². The van der Waals surface area contributed by atoms with Gasteiger partial charge < -0.3 is 11.1 Å². The van der Waals surface area contributed by atoms with Crippen LogP contribution in [0.25, 0.3) is 6.08 Å².